The van der Waals surface area contributed by atoms with Crippen molar-refractivity contribution in [3.05, 3.63) is 17.3 Å². The molecule has 0 aliphatic carbocycles. The van der Waals surface area contributed by atoms with Gasteiger partial charge in [-0.15, -0.1) is 24.0 Å². The Hall–Kier alpha value is -0.830. The number of rotatable bonds is 7. The predicted octanol–water partition coefficient (Wildman–Crippen LogP) is 2.00. The van der Waals surface area contributed by atoms with Crippen LogP contribution in [-0.2, 0) is 11.3 Å². The third-order valence-corrected chi connectivity index (χ3v) is 2.53. The fourth-order valence-corrected chi connectivity index (χ4v) is 1.48. The molecule has 1 aromatic rings. The van der Waals surface area contributed by atoms with Gasteiger partial charge < -0.3 is 19.8 Å². The van der Waals surface area contributed by atoms with E-state index in [1.54, 1.807) is 0 Å². The number of halogens is 1. The van der Waals surface area contributed by atoms with Crippen LogP contribution in [0.5, 0.6) is 0 Å². The first-order chi connectivity index (χ1) is 9.17. The standard InChI is InChI=1S/C13H24N4O2.HI/c1-5-14-13(15-7-8-18-6-2)16-9-12-17-10(3)11(4)19-12;/h5-9H2,1-4H3,(H2,14,15,16);1H. The van der Waals surface area contributed by atoms with Gasteiger partial charge in [0.1, 0.15) is 12.3 Å². The van der Waals surface area contributed by atoms with E-state index in [0.29, 0.717) is 19.0 Å². The first kappa shape index (κ1) is 19.2. The monoisotopic (exact) mass is 396 g/mol. The lowest BCUT2D eigenvalue weighted by Crippen LogP contribution is -2.39. The van der Waals surface area contributed by atoms with E-state index in [0.717, 1.165) is 37.1 Å². The van der Waals surface area contributed by atoms with Crippen molar-refractivity contribution in [1.82, 2.24) is 15.6 Å². The van der Waals surface area contributed by atoms with Crippen molar-refractivity contribution in [1.29, 1.82) is 0 Å². The number of aryl methyl sites for hydroxylation is 2. The molecular formula is C13H25IN4O2. The molecule has 0 radical (unpaired) electrons. The SMILES string of the molecule is CCNC(=NCc1nc(C)c(C)o1)NCCOCC.I. The smallest absolute Gasteiger partial charge is 0.216 e. The summed E-state index contributed by atoms with van der Waals surface area (Å²) in [5, 5.41) is 6.36. The second-order valence-corrected chi connectivity index (χ2v) is 4.07. The number of nitrogens with one attached hydrogen (secondary N) is 2. The molecule has 0 aliphatic heterocycles. The molecule has 0 fully saturated rings. The molecule has 7 heteroatoms. The molecule has 0 unspecified atom stereocenters. The Balaban J connectivity index is 0.00000361. The maximum Gasteiger partial charge on any atom is 0.216 e. The topological polar surface area (TPSA) is 71.7 Å². The lowest BCUT2D eigenvalue weighted by molar-refractivity contribution is 0.152. The third-order valence-electron chi connectivity index (χ3n) is 2.53. The summed E-state index contributed by atoms with van der Waals surface area (Å²) in [6.07, 6.45) is 0. The molecule has 0 atom stereocenters. The second-order valence-electron chi connectivity index (χ2n) is 4.07. The van der Waals surface area contributed by atoms with E-state index in [4.69, 9.17) is 9.15 Å². The molecule has 116 valence electrons. The summed E-state index contributed by atoms with van der Waals surface area (Å²) >= 11 is 0. The normalized spacial score (nSPS) is 11.1. The zero-order valence-electron chi connectivity index (χ0n) is 12.7. The average molecular weight is 396 g/mol. The highest BCUT2D eigenvalue weighted by molar-refractivity contribution is 14.0. The fourth-order valence-electron chi connectivity index (χ4n) is 1.48. The van der Waals surface area contributed by atoms with Gasteiger partial charge in [0.15, 0.2) is 5.96 Å². The van der Waals surface area contributed by atoms with Crippen LogP contribution in [0.1, 0.15) is 31.2 Å². The van der Waals surface area contributed by atoms with Crippen molar-refractivity contribution in [3.8, 4) is 0 Å². The number of aliphatic imine (C=N–C) groups is 1. The van der Waals surface area contributed by atoms with Crippen LogP contribution < -0.4 is 10.6 Å². The average Bonchev–Trinajstić information content (AvgIpc) is 2.71. The van der Waals surface area contributed by atoms with E-state index in [2.05, 4.69) is 20.6 Å². The van der Waals surface area contributed by atoms with E-state index in [-0.39, 0.29) is 24.0 Å². The summed E-state index contributed by atoms with van der Waals surface area (Å²) in [7, 11) is 0. The van der Waals surface area contributed by atoms with Crippen LogP contribution in [0.3, 0.4) is 0 Å². The van der Waals surface area contributed by atoms with Crippen LogP contribution in [0.25, 0.3) is 0 Å². The molecule has 0 bridgehead atoms. The molecular weight excluding hydrogens is 371 g/mol. The zero-order chi connectivity index (χ0) is 14.1. The number of oxazole rings is 1. The largest absolute Gasteiger partial charge is 0.444 e. The van der Waals surface area contributed by atoms with E-state index >= 15 is 0 Å². The molecule has 1 aromatic heterocycles. The maximum absolute atomic E-state index is 5.49. The van der Waals surface area contributed by atoms with E-state index in [1.807, 2.05) is 27.7 Å². The molecule has 0 saturated carbocycles. The fraction of sp³-hybridized carbons (Fsp3) is 0.692. The lowest BCUT2D eigenvalue weighted by Gasteiger charge is -2.10. The van der Waals surface area contributed by atoms with Gasteiger partial charge in [0, 0.05) is 19.7 Å². The van der Waals surface area contributed by atoms with Gasteiger partial charge in [-0.25, -0.2) is 9.98 Å². The molecule has 1 heterocycles. The summed E-state index contributed by atoms with van der Waals surface area (Å²) in [6.45, 7) is 11.2. The number of nitrogens with zero attached hydrogens (tertiary/aromatic N) is 2. The van der Waals surface area contributed by atoms with Crippen LogP contribution in [0.4, 0.5) is 0 Å². The van der Waals surface area contributed by atoms with Crippen molar-refractivity contribution in [2.24, 2.45) is 4.99 Å². The van der Waals surface area contributed by atoms with Gasteiger partial charge in [0.05, 0.1) is 12.3 Å². The van der Waals surface area contributed by atoms with Crippen LogP contribution in [0.2, 0.25) is 0 Å². The summed E-state index contributed by atoms with van der Waals surface area (Å²) in [5.74, 6) is 2.23. The zero-order valence-corrected chi connectivity index (χ0v) is 15.0. The molecule has 0 aromatic carbocycles. The minimum atomic E-state index is 0. The Kier molecular flexibility index (Phi) is 10.4. The quantitative estimate of drug-likeness (QED) is 0.319. The number of aromatic nitrogens is 1. The van der Waals surface area contributed by atoms with Crippen LogP contribution in [0.15, 0.2) is 9.41 Å². The van der Waals surface area contributed by atoms with Gasteiger partial charge in [-0.1, -0.05) is 0 Å². The minimum absolute atomic E-state index is 0. The van der Waals surface area contributed by atoms with Crippen molar-refractivity contribution >= 4 is 29.9 Å². The molecule has 0 spiro atoms. The predicted molar refractivity (Wildman–Crippen MR) is 90.7 cm³/mol. The Morgan fingerprint density at radius 1 is 1.30 bits per heavy atom. The van der Waals surface area contributed by atoms with Gasteiger partial charge in [-0.05, 0) is 27.7 Å². The molecule has 20 heavy (non-hydrogen) atoms. The second kappa shape index (κ2) is 10.9. The highest BCUT2D eigenvalue weighted by Gasteiger charge is 2.05. The van der Waals surface area contributed by atoms with Crippen molar-refractivity contribution in [2.75, 3.05) is 26.3 Å². The molecule has 6 nitrogen and oxygen atoms in total. The maximum atomic E-state index is 5.49. The molecule has 0 saturated heterocycles. The number of ether oxygens (including phenoxy) is 1. The van der Waals surface area contributed by atoms with E-state index < -0.39 is 0 Å². The summed E-state index contributed by atoms with van der Waals surface area (Å²) in [6, 6.07) is 0. The van der Waals surface area contributed by atoms with Crippen LogP contribution in [-0.4, -0.2) is 37.2 Å². The van der Waals surface area contributed by atoms with Crippen LogP contribution in [0, 0.1) is 13.8 Å². The first-order valence-electron chi connectivity index (χ1n) is 6.70. The molecule has 0 aliphatic rings. The Morgan fingerprint density at radius 2 is 2.05 bits per heavy atom. The molecule has 2 N–H and O–H groups in total. The first-order valence-corrected chi connectivity index (χ1v) is 6.70. The van der Waals surface area contributed by atoms with Gasteiger partial charge >= 0.3 is 0 Å². The van der Waals surface area contributed by atoms with E-state index in [9.17, 15) is 0 Å². The Morgan fingerprint density at radius 3 is 2.60 bits per heavy atom. The summed E-state index contributed by atoms with van der Waals surface area (Å²) < 4.78 is 10.8. The van der Waals surface area contributed by atoms with Gasteiger partial charge in [0.2, 0.25) is 5.89 Å². The van der Waals surface area contributed by atoms with Crippen molar-refractivity contribution < 1.29 is 9.15 Å². The number of guanidine groups is 1. The molecule has 0 amide bonds. The van der Waals surface area contributed by atoms with Gasteiger partial charge in [-0.3, -0.25) is 0 Å². The summed E-state index contributed by atoms with van der Waals surface area (Å²) in [5.41, 5.74) is 0.916. The Labute approximate surface area is 137 Å². The molecule has 1 rings (SSSR count). The van der Waals surface area contributed by atoms with Gasteiger partial charge in [-0.2, -0.15) is 0 Å². The number of hydrogen-bond donors (Lipinski definition) is 2. The van der Waals surface area contributed by atoms with Crippen LogP contribution >= 0.6 is 24.0 Å². The van der Waals surface area contributed by atoms with E-state index in [1.165, 1.54) is 0 Å². The highest BCUT2D eigenvalue weighted by Crippen LogP contribution is 2.08. The third kappa shape index (κ3) is 7.09. The Bertz CT molecular complexity index is 388. The number of hydrogen-bond acceptors (Lipinski definition) is 4. The van der Waals surface area contributed by atoms with Gasteiger partial charge in [0.25, 0.3) is 0 Å². The summed E-state index contributed by atoms with van der Waals surface area (Å²) in [4.78, 5) is 8.72. The van der Waals surface area contributed by atoms with Crippen molar-refractivity contribution in [3.63, 3.8) is 0 Å². The minimum Gasteiger partial charge on any atom is -0.444 e. The lowest BCUT2D eigenvalue weighted by atomic mass is 10.4. The van der Waals surface area contributed by atoms with Crippen molar-refractivity contribution in [2.45, 2.75) is 34.2 Å². The highest BCUT2D eigenvalue weighted by atomic mass is 127.